The highest BCUT2D eigenvalue weighted by Crippen LogP contribution is 2.08. The smallest absolute Gasteiger partial charge is 0.255 e. The van der Waals surface area contributed by atoms with Crippen LogP contribution in [0.15, 0.2) is 12.4 Å². The lowest BCUT2D eigenvalue weighted by atomic mass is 10.4. The number of halogens is 2. The van der Waals surface area contributed by atoms with Crippen molar-refractivity contribution in [3.8, 4) is 0 Å². The van der Waals surface area contributed by atoms with Crippen LogP contribution < -0.4 is 11.1 Å². The van der Waals surface area contributed by atoms with E-state index < -0.39 is 13.0 Å². The Bertz CT molecular complexity index is 331. The van der Waals surface area contributed by atoms with Gasteiger partial charge in [0, 0.05) is 12.4 Å². The first-order chi connectivity index (χ1) is 6.61. The minimum atomic E-state index is -2.46. The molecule has 0 saturated carbocycles. The first-order valence-corrected chi connectivity index (χ1v) is 4.15. The summed E-state index contributed by atoms with van der Waals surface area (Å²) >= 11 is 4.68. The van der Waals surface area contributed by atoms with E-state index in [1.807, 2.05) is 0 Å². The molecule has 0 radical (unpaired) electrons. The lowest BCUT2D eigenvalue weighted by Gasteiger charge is -2.07. The number of nitrogens with zero attached hydrogens (tertiary/aromatic N) is 2. The summed E-state index contributed by atoms with van der Waals surface area (Å²) in [6.45, 7) is -0.506. The third-order valence-electron chi connectivity index (χ3n) is 1.36. The molecule has 4 nitrogen and oxygen atoms in total. The summed E-state index contributed by atoms with van der Waals surface area (Å²) in [6, 6.07) is 0. The van der Waals surface area contributed by atoms with Gasteiger partial charge in [-0.05, 0) is 0 Å². The quantitative estimate of drug-likeness (QED) is 0.731. The molecule has 3 N–H and O–H groups in total. The van der Waals surface area contributed by atoms with Gasteiger partial charge in [-0.1, -0.05) is 12.2 Å². The summed E-state index contributed by atoms with van der Waals surface area (Å²) < 4.78 is 23.8. The highest BCUT2D eigenvalue weighted by Gasteiger charge is 2.09. The molecule has 1 heterocycles. The molecule has 0 fully saturated rings. The lowest BCUT2D eigenvalue weighted by Crippen LogP contribution is -2.18. The van der Waals surface area contributed by atoms with Crippen LogP contribution in [0.25, 0.3) is 0 Å². The first-order valence-electron chi connectivity index (χ1n) is 3.74. The van der Waals surface area contributed by atoms with E-state index in [1.165, 1.54) is 12.4 Å². The molecule has 1 aromatic rings. The molecule has 0 unspecified atom stereocenters. The highest BCUT2D eigenvalue weighted by molar-refractivity contribution is 7.80. The second-order valence-corrected chi connectivity index (χ2v) is 2.83. The Morgan fingerprint density at radius 2 is 2.14 bits per heavy atom. The second kappa shape index (κ2) is 4.75. The predicted molar refractivity (Wildman–Crippen MR) is 52.4 cm³/mol. The predicted octanol–water partition coefficient (Wildman–Crippen LogP) is 0.788. The van der Waals surface area contributed by atoms with Crippen molar-refractivity contribution in [3.05, 3.63) is 18.1 Å². The van der Waals surface area contributed by atoms with Crippen LogP contribution in [0.5, 0.6) is 0 Å². The Morgan fingerprint density at radius 3 is 2.71 bits per heavy atom. The number of rotatable bonds is 4. The van der Waals surface area contributed by atoms with Gasteiger partial charge in [0.05, 0.1) is 6.54 Å². The summed E-state index contributed by atoms with van der Waals surface area (Å²) in [6.07, 6.45) is 0.300. The van der Waals surface area contributed by atoms with Gasteiger partial charge in [0.2, 0.25) is 0 Å². The van der Waals surface area contributed by atoms with Crippen LogP contribution in [0, 0.1) is 0 Å². The van der Waals surface area contributed by atoms with E-state index in [0.29, 0.717) is 0 Å². The molecular formula is C7H8F2N4S. The standard InChI is InChI=1S/C7H8F2N4S/c8-4(9)3-13-7-5(6(10)14)11-1-2-12-7/h1-2,4H,3H2,(H2,10,14)(H,12,13). The maximum atomic E-state index is 11.9. The van der Waals surface area contributed by atoms with Crippen molar-refractivity contribution in [1.82, 2.24) is 9.97 Å². The molecule has 0 aromatic carbocycles. The maximum absolute atomic E-state index is 11.9. The summed E-state index contributed by atoms with van der Waals surface area (Å²) in [5.74, 6) is 0.181. The van der Waals surface area contributed by atoms with Crippen LogP contribution in [0.1, 0.15) is 5.69 Å². The average molecular weight is 218 g/mol. The Balaban J connectivity index is 2.79. The van der Waals surface area contributed by atoms with Crippen LogP contribution in [-0.2, 0) is 0 Å². The lowest BCUT2D eigenvalue weighted by molar-refractivity contribution is 0.163. The topological polar surface area (TPSA) is 63.8 Å². The number of hydrogen-bond acceptors (Lipinski definition) is 4. The van der Waals surface area contributed by atoms with E-state index >= 15 is 0 Å². The van der Waals surface area contributed by atoms with Crippen molar-refractivity contribution in [3.63, 3.8) is 0 Å². The number of nitrogens with two attached hydrogens (primary N) is 1. The average Bonchev–Trinajstić information content (AvgIpc) is 2.15. The molecule has 0 aliphatic carbocycles. The maximum Gasteiger partial charge on any atom is 0.255 e. The zero-order valence-electron chi connectivity index (χ0n) is 7.08. The zero-order chi connectivity index (χ0) is 10.6. The molecule has 1 rings (SSSR count). The van der Waals surface area contributed by atoms with Crippen molar-refractivity contribution in [1.29, 1.82) is 0 Å². The number of aromatic nitrogens is 2. The highest BCUT2D eigenvalue weighted by atomic mass is 32.1. The van der Waals surface area contributed by atoms with Crippen LogP contribution in [0.4, 0.5) is 14.6 Å². The third-order valence-corrected chi connectivity index (χ3v) is 1.55. The molecular weight excluding hydrogens is 210 g/mol. The number of anilines is 1. The fraction of sp³-hybridized carbons (Fsp3) is 0.286. The van der Waals surface area contributed by atoms with Gasteiger partial charge in [-0.25, -0.2) is 18.7 Å². The van der Waals surface area contributed by atoms with E-state index in [4.69, 9.17) is 5.73 Å². The molecule has 0 spiro atoms. The molecule has 1 aromatic heterocycles. The number of hydrogen-bond donors (Lipinski definition) is 2. The molecule has 0 atom stereocenters. The second-order valence-electron chi connectivity index (χ2n) is 2.39. The van der Waals surface area contributed by atoms with Crippen molar-refractivity contribution < 1.29 is 8.78 Å². The van der Waals surface area contributed by atoms with Gasteiger partial charge < -0.3 is 11.1 Å². The van der Waals surface area contributed by atoms with Gasteiger partial charge in [-0.3, -0.25) is 0 Å². The largest absolute Gasteiger partial charge is 0.388 e. The molecule has 0 bridgehead atoms. The molecule has 0 aliphatic heterocycles. The molecule has 0 aliphatic rings. The summed E-state index contributed by atoms with van der Waals surface area (Å²) in [5.41, 5.74) is 5.55. The molecule has 0 saturated heterocycles. The Morgan fingerprint density at radius 1 is 1.50 bits per heavy atom. The van der Waals surface area contributed by atoms with Gasteiger partial charge in [0.15, 0.2) is 5.82 Å². The van der Waals surface area contributed by atoms with Crippen molar-refractivity contribution >= 4 is 23.0 Å². The summed E-state index contributed by atoms with van der Waals surface area (Å²) in [4.78, 5) is 7.64. The fourth-order valence-electron chi connectivity index (χ4n) is 0.822. The van der Waals surface area contributed by atoms with E-state index in [9.17, 15) is 8.78 Å². The Labute approximate surface area is 84.5 Å². The van der Waals surface area contributed by atoms with E-state index in [0.717, 1.165) is 0 Å². The van der Waals surface area contributed by atoms with E-state index in [-0.39, 0.29) is 16.5 Å². The van der Waals surface area contributed by atoms with Gasteiger partial charge in [0.1, 0.15) is 10.7 Å². The number of thiocarbonyl (C=S) groups is 1. The van der Waals surface area contributed by atoms with Gasteiger partial charge >= 0.3 is 0 Å². The minimum Gasteiger partial charge on any atom is -0.388 e. The van der Waals surface area contributed by atoms with Gasteiger partial charge in [-0.2, -0.15) is 0 Å². The SMILES string of the molecule is NC(=S)c1nccnc1NCC(F)F. The zero-order valence-corrected chi connectivity index (χ0v) is 7.89. The summed E-state index contributed by atoms with van der Waals surface area (Å²) in [5, 5.41) is 2.40. The van der Waals surface area contributed by atoms with Crippen LogP contribution in [0.2, 0.25) is 0 Å². The normalized spacial score (nSPS) is 10.2. The van der Waals surface area contributed by atoms with Gasteiger partial charge in [0.25, 0.3) is 6.43 Å². The van der Waals surface area contributed by atoms with Gasteiger partial charge in [-0.15, -0.1) is 0 Å². The molecule has 7 heteroatoms. The van der Waals surface area contributed by atoms with Crippen LogP contribution in [-0.4, -0.2) is 27.9 Å². The number of nitrogens with one attached hydrogen (secondary N) is 1. The first kappa shape index (κ1) is 10.7. The molecule has 76 valence electrons. The summed E-state index contributed by atoms with van der Waals surface area (Å²) in [7, 11) is 0. The monoisotopic (exact) mass is 218 g/mol. The van der Waals surface area contributed by atoms with Crippen molar-refractivity contribution in [2.75, 3.05) is 11.9 Å². The third kappa shape index (κ3) is 2.84. The van der Waals surface area contributed by atoms with Crippen LogP contribution >= 0.6 is 12.2 Å². The Kier molecular flexibility index (Phi) is 3.63. The minimum absolute atomic E-state index is 0.0230. The van der Waals surface area contributed by atoms with Crippen molar-refractivity contribution in [2.45, 2.75) is 6.43 Å². The van der Waals surface area contributed by atoms with Crippen LogP contribution in [0.3, 0.4) is 0 Å². The Hall–Kier alpha value is -1.37. The fourth-order valence-corrected chi connectivity index (χ4v) is 0.971. The molecule has 0 amide bonds. The van der Waals surface area contributed by atoms with Crippen molar-refractivity contribution in [2.24, 2.45) is 5.73 Å². The van der Waals surface area contributed by atoms with E-state index in [2.05, 4.69) is 27.5 Å². The van der Waals surface area contributed by atoms with E-state index in [1.54, 1.807) is 0 Å². The molecule has 14 heavy (non-hydrogen) atoms. The number of alkyl halides is 2.